The molecular weight excluding hydrogens is 268 g/mol. The first-order valence-corrected chi connectivity index (χ1v) is 7.16. The summed E-state index contributed by atoms with van der Waals surface area (Å²) < 4.78 is 4.94. The van der Waals surface area contributed by atoms with Gasteiger partial charge in [0.15, 0.2) is 0 Å². The molecule has 1 aromatic carbocycles. The average Bonchev–Trinajstić information content (AvgIpc) is 2.77. The fraction of sp³-hybridized carbons (Fsp3) is 0.500. The van der Waals surface area contributed by atoms with Crippen LogP contribution in [0.4, 0.5) is 5.69 Å². The molecule has 114 valence electrons. The van der Waals surface area contributed by atoms with Crippen molar-refractivity contribution in [3.05, 3.63) is 29.8 Å². The van der Waals surface area contributed by atoms with Crippen molar-refractivity contribution in [2.75, 3.05) is 25.2 Å². The van der Waals surface area contributed by atoms with E-state index >= 15 is 0 Å². The molecule has 0 aromatic heterocycles. The van der Waals surface area contributed by atoms with Crippen molar-refractivity contribution in [2.45, 2.75) is 32.2 Å². The Bertz CT molecular complexity index is 544. The van der Waals surface area contributed by atoms with E-state index in [-0.39, 0.29) is 11.8 Å². The fourth-order valence-electron chi connectivity index (χ4n) is 2.74. The summed E-state index contributed by atoms with van der Waals surface area (Å²) in [5, 5.41) is 2.85. The van der Waals surface area contributed by atoms with E-state index in [2.05, 4.69) is 5.32 Å². The van der Waals surface area contributed by atoms with Crippen LogP contribution in [-0.2, 0) is 14.3 Å². The number of carbonyl (C=O) groups is 2. The van der Waals surface area contributed by atoms with Crippen molar-refractivity contribution < 1.29 is 14.3 Å². The van der Waals surface area contributed by atoms with Crippen molar-refractivity contribution in [1.29, 1.82) is 0 Å². The smallest absolute Gasteiger partial charge is 0.246 e. The van der Waals surface area contributed by atoms with Crippen LogP contribution >= 0.6 is 0 Å². The van der Waals surface area contributed by atoms with E-state index in [0.717, 1.165) is 11.3 Å². The Kier molecular flexibility index (Phi) is 4.63. The van der Waals surface area contributed by atoms with Crippen LogP contribution in [-0.4, -0.2) is 37.6 Å². The lowest BCUT2D eigenvalue weighted by Gasteiger charge is -2.34. The van der Waals surface area contributed by atoms with Crippen molar-refractivity contribution in [2.24, 2.45) is 0 Å². The molecule has 1 heterocycles. The summed E-state index contributed by atoms with van der Waals surface area (Å²) in [6.45, 7) is 4.68. The highest BCUT2D eigenvalue weighted by Gasteiger charge is 2.48. The van der Waals surface area contributed by atoms with Gasteiger partial charge in [0, 0.05) is 25.8 Å². The summed E-state index contributed by atoms with van der Waals surface area (Å²) in [7, 11) is 1.59. The van der Waals surface area contributed by atoms with Crippen LogP contribution in [0.1, 0.15) is 25.3 Å². The molecule has 0 saturated carbocycles. The molecule has 0 radical (unpaired) electrons. The Morgan fingerprint density at radius 1 is 1.43 bits per heavy atom. The quantitative estimate of drug-likeness (QED) is 0.839. The van der Waals surface area contributed by atoms with Gasteiger partial charge in [-0.25, -0.2) is 0 Å². The third-order valence-corrected chi connectivity index (χ3v) is 4.01. The van der Waals surface area contributed by atoms with Gasteiger partial charge in [0.2, 0.25) is 11.8 Å². The number of aryl methyl sites for hydroxylation is 1. The number of carbonyl (C=O) groups excluding carboxylic acids is 2. The van der Waals surface area contributed by atoms with E-state index in [1.54, 1.807) is 12.0 Å². The Labute approximate surface area is 125 Å². The largest absolute Gasteiger partial charge is 0.383 e. The first-order chi connectivity index (χ1) is 10.0. The molecule has 0 unspecified atom stereocenters. The minimum Gasteiger partial charge on any atom is -0.383 e. The number of nitrogens with zero attached hydrogens (tertiary/aromatic N) is 1. The summed E-state index contributed by atoms with van der Waals surface area (Å²) >= 11 is 0. The SMILES string of the molecule is COCCNC(=O)[C@]1(C)CCC(=O)N1c1ccccc1C. The van der Waals surface area contributed by atoms with Gasteiger partial charge in [-0.1, -0.05) is 18.2 Å². The van der Waals surface area contributed by atoms with Gasteiger partial charge >= 0.3 is 0 Å². The third kappa shape index (κ3) is 2.93. The Morgan fingerprint density at radius 2 is 2.14 bits per heavy atom. The van der Waals surface area contributed by atoms with Gasteiger partial charge in [-0.05, 0) is 31.9 Å². The van der Waals surface area contributed by atoms with E-state index in [1.807, 2.05) is 38.1 Å². The van der Waals surface area contributed by atoms with Crippen LogP contribution in [0.5, 0.6) is 0 Å². The lowest BCUT2D eigenvalue weighted by Crippen LogP contribution is -2.55. The third-order valence-electron chi connectivity index (χ3n) is 4.01. The minimum absolute atomic E-state index is 0.00584. The fourth-order valence-corrected chi connectivity index (χ4v) is 2.74. The second-order valence-electron chi connectivity index (χ2n) is 5.54. The predicted molar refractivity (Wildman–Crippen MR) is 81.2 cm³/mol. The van der Waals surface area contributed by atoms with E-state index in [9.17, 15) is 9.59 Å². The standard InChI is InChI=1S/C16H22N2O3/c1-12-6-4-5-7-13(12)18-14(19)8-9-16(18,2)15(20)17-10-11-21-3/h4-7H,8-11H2,1-3H3,(H,17,20)/t16-/m0/s1. The number of anilines is 1. The van der Waals surface area contributed by atoms with Crippen molar-refractivity contribution in [3.8, 4) is 0 Å². The molecule has 1 atom stereocenters. The predicted octanol–water partition coefficient (Wildman–Crippen LogP) is 1.64. The number of hydrogen-bond donors (Lipinski definition) is 1. The van der Waals surface area contributed by atoms with Gasteiger partial charge in [-0.3, -0.25) is 14.5 Å². The van der Waals surface area contributed by atoms with Crippen LogP contribution < -0.4 is 10.2 Å². The molecule has 1 N–H and O–H groups in total. The number of amides is 2. The maximum absolute atomic E-state index is 12.5. The number of benzene rings is 1. The lowest BCUT2D eigenvalue weighted by molar-refractivity contribution is -0.127. The van der Waals surface area contributed by atoms with E-state index in [1.165, 1.54) is 0 Å². The zero-order chi connectivity index (χ0) is 15.5. The molecular formula is C16H22N2O3. The molecule has 1 aliphatic heterocycles. The second-order valence-corrected chi connectivity index (χ2v) is 5.54. The van der Waals surface area contributed by atoms with Crippen LogP contribution in [0, 0.1) is 6.92 Å². The molecule has 1 fully saturated rings. The number of rotatable bonds is 5. The van der Waals surface area contributed by atoms with Gasteiger partial charge in [0.05, 0.1) is 6.61 Å². The molecule has 0 bridgehead atoms. The maximum atomic E-state index is 12.5. The number of ether oxygens (including phenoxy) is 1. The molecule has 1 saturated heterocycles. The van der Waals surface area contributed by atoms with E-state index < -0.39 is 5.54 Å². The molecule has 5 heteroatoms. The normalized spacial score (nSPS) is 21.7. The van der Waals surface area contributed by atoms with E-state index in [0.29, 0.717) is 26.0 Å². The van der Waals surface area contributed by atoms with Gasteiger partial charge in [0.1, 0.15) is 5.54 Å². The maximum Gasteiger partial charge on any atom is 0.246 e. The zero-order valence-corrected chi connectivity index (χ0v) is 12.8. The summed E-state index contributed by atoms with van der Waals surface area (Å²) in [6.07, 6.45) is 0.918. The molecule has 2 amide bonds. The van der Waals surface area contributed by atoms with Crippen LogP contribution in [0.3, 0.4) is 0 Å². The highest BCUT2D eigenvalue weighted by Crippen LogP contribution is 2.36. The molecule has 1 aromatic rings. The highest BCUT2D eigenvalue weighted by atomic mass is 16.5. The Hall–Kier alpha value is -1.88. The van der Waals surface area contributed by atoms with Crippen LogP contribution in [0.25, 0.3) is 0 Å². The molecule has 5 nitrogen and oxygen atoms in total. The number of para-hydroxylation sites is 1. The van der Waals surface area contributed by atoms with Crippen molar-refractivity contribution in [1.82, 2.24) is 5.32 Å². The summed E-state index contributed by atoms with van der Waals surface area (Å²) in [4.78, 5) is 26.5. The topological polar surface area (TPSA) is 58.6 Å². The van der Waals surface area contributed by atoms with Gasteiger partial charge in [0.25, 0.3) is 0 Å². The monoisotopic (exact) mass is 290 g/mol. The van der Waals surface area contributed by atoms with Gasteiger partial charge in [-0.2, -0.15) is 0 Å². The number of hydrogen-bond acceptors (Lipinski definition) is 3. The average molecular weight is 290 g/mol. The second kappa shape index (κ2) is 6.26. The summed E-state index contributed by atoms with van der Waals surface area (Å²) in [5.74, 6) is -0.137. The number of methoxy groups -OCH3 is 1. The summed E-state index contributed by atoms with van der Waals surface area (Å²) in [6, 6.07) is 7.65. The number of nitrogens with one attached hydrogen (secondary N) is 1. The summed E-state index contributed by atoms with van der Waals surface area (Å²) in [5.41, 5.74) is 0.963. The molecule has 1 aliphatic rings. The molecule has 0 aliphatic carbocycles. The van der Waals surface area contributed by atoms with Crippen molar-refractivity contribution >= 4 is 17.5 Å². The Morgan fingerprint density at radius 3 is 2.81 bits per heavy atom. The van der Waals surface area contributed by atoms with Crippen molar-refractivity contribution in [3.63, 3.8) is 0 Å². The Balaban J connectivity index is 2.27. The van der Waals surface area contributed by atoms with Crippen LogP contribution in [0.2, 0.25) is 0 Å². The zero-order valence-electron chi connectivity index (χ0n) is 12.8. The van der Waals surface area contributed by atoms with E-state index in [4.69, 9.17) is 4.74 Å². The first kappa shape index (κ1) is 15.5. The molecule has 2 rings (SSSR count). The highest BCUT2D eigenvalue weighted by molar-refractivity contribution is 6.06. The van der Waals surface area contributed by atoms with Crippen LogP contribution in [0.15, 0.2) is 24.3 Å². The first-order valence-electron chi connectivity index (χ1n) is 7.16. The lowest BCUT2D eigenvalue weighted by atomic mass is 9.96. The molecule has 0 spiro atoms. The minimum atomic E-state index is -0.836. The van der Waals surface area contributed by atoms with Gasteiger partial charge < -0.3 is 10.1 Å². The molecule has 21 heavy (non-hydrogen) atoms. The van der Waals surface area contributed by atoms with Gasteiger partial charge in [-0.15, -0.1) is 0 Å².